The second-order valence-corrected chi connectivity index (χ2v) is 5.17. The predicted octanol–water partition coefficient (Wildman–Crippen LogP) is 2.28. The second-order valence-electron chi connectivity index (χ2n) is 5.17. The van der Waals surface area contributed by atoms with E-state index < -0.39 is 0 Å². The molecule has 0 saturated heterocycles. The Morgan fingerprint density at radius 2 is 2.29 bits per heavy atom. The van der Waals surface area contributed by atoms with E-state index in [0.717, 1.165) is 30.9 Å². The fourth-order valence-electron chi connectivity index (χ4n) is 2.14. The van der Waals surface area contributed by atoms with Gasteiger partial charge < -0.3 is 14.5 Å². The van der Waals surface area contributed by atoms with Crippen molar-refractivity contribution in [1.29, 1.82) is 0 Å². The molecule has 1 aromatic rings. The fourth-order valence-corrected chi connectivity index (χ4v) is 2.14. The number of ether oxygens (including phenoxy) is 1. The number of oxazole rings is 1. The molecule has 4 nitrogen and oxygen atoms in total. The van der Waals surface area contributed by atoms with Crippen molar-refractivity contribution in [2.24, 2.45) is 0 Å². The lowest BCUT2D eigenvalue weighted by atomic mass is 9.77. The minimum atomic E-state index is 0.0162. The zero-order valence-corrected chi connectivity index (χ0v) is 11.0. The molecule has 96 valence electrons. The Balaban J connectivity index is 1.89. The van der Waals surface area contributed by atoms with Crippen LogP contribution in [-0.2, 0) is 17.7 Å². The van der Waals surface area contributed by atoms with Crippen LogP contribution in [0.25, 0.3) is 0 Å². The van der Waals surface area contributed by atoms with Crippen LogP contribution < -0.4 is 5.32 Å². The largest absolute Gasteiger partial charge is 0.444 e. The molecule has 1 saturated carbocycles. The van der Waals surface area contributed by atoms with E-state index in [4.69, 9.17) is 9.15 Å². The summed E-state index contributed by atoms with van der Waals surface area (Å²) in [5.41, 5.74) is 0.0162. The summed E-state index contributed by atoms with van der Waals surface area (Å²) in [7, 11) is 1.79. The molecule has 1 fully saturated rings. The summed E-state index contributed by atoms with van der Waals surface area (Å²) in [6.45, 7) is 4.91. The first-order valence-electron chi connectivity index (χ1n) is 6.36. The Morgan fingerprint density at radius 1 is 1.53 bits per heavy atom. The fraction of sp³-hybridized carbons (Fsp3) is 0.769. The monoisotopic (exact) mass is 238 g/mol. The number of nitrogens with zero attached hydrogens (tertiary/aromatic N) is 1. The van der Waals surface area contributed by atoms with E-state index in [9.17, 15) is 0 Å². The van der Waals surface area contributed by atoms with Crippen molar-refractivity contribution >= 4 is 0 Å². The van der Waals surface area contributed by atoms with Gasteiger partial charge in [-0.2, -0.15) is 0 Å². The maximum atomic E-state index is 5.71. The minimum absolute atomic E-state index is 0.0162. The highest BCUT2D eigenvalue weighted by Gasteiger charge is 2.38. The van der Waals surface area contributed by atoms with Crippen LogP contribution in [0.5, 0.6) is 0 Å². The number of aromatic nitrogens is 1. The van der Waals surface area contributed by atoms with Crippen molar-refractivity contribution in [3.05, 3.63) is 17.8 Å². The predicted molar refractivity (Wildman–Crippen MR) is 65.8 cm³/mol. The van der Waals surface area contributed by atoms with Crippen LogP contribution in [0.1, 0.15) is 44.8 Å². The zero-order valence-electron chi connectivity index (χ0n) is 11.0. The van der Waals surface area contributed by atoms with Gasteiger partial charge in [-0.05, 0) is 19.3 Å². The van der Waals surface area contributed by atoms with E-state index in [1.54, 1.807) is 7.11 Å². The molecule has 2 rings (SSSR count). The lowest BCUT2D eigenvalue weighted by Crippen LogP contribution is -2.41. The van der Waals surface area contributed by atoms with E-state index in [0.29, 0.717) is 12.6 Å². The molecule has 1 aromatic heterocycles. The van der Waals surface area contributed by atoms with Crippen molar-refractivity contribution in [2.45, 2.75) is 57.7 Å². The molecule has 1 aliphatic carbocycles. The summed E-state index contributed by atoms with van der Waals surface area (Å²) in [4.78, 5) is 4.28. The smallest absolute Gasteiger partial charge is 0.208 e. The standard InChI is InChI=1S/C13H22N2O2/c1-10(2)14-9-12-15-8-11(17-12)7-13(16-3)5-4-6-13/h8,10,14H,4-7,9H2,1-3H3. The second kappa shape index (κ2) is 5.19. The first-order valence-corrected chi connectivity index (χ1v) is 6.36. The van der Waals surface area contributed by atoms with E-state index in [-0.39, 0.29) is 5.60 Å². The minimum Gasteiger partial charge on any atom is -0.444 e. The molecule has 4 heteroatoms. The highest BCUT2D eigenvalue weighted by molar-refractivity contribution is 5.03. The molecular weight excluding hydrogens is 216 g/mol. The highest BCUT2D eigenvalue weighted by atomic mass is 16.5. The Labute approximate surface area is 103 Å². The molecule has 0 unspecified atom stereocenters. The third-order valence-electron chi connectivity index (χ3n) is 3.46. The van der Waals surface area contributed by atoms with Gasteiger partial charge in [0.05, 0.1) is 18.3 Å². The van der Waals surface area contributed by atoms with Crippen LogP contribution in [0.15, 0.2) is 10.6 Å². The Hall–Kier alpha value is -0.870. The van der Waals surface area contributed by atoms with Crippen molar-refractivity contribution < 1.29 is 9.15 Å². The number of rotatable bonds is 6. The van der Waals surface area contributed by atoms with Crippen LogP contribution in [0.4, 0.5) is 0 Å². The zero-order chi connectivity index (χ0) is 12.3. The van der Waals surface area contributed by atoms with Gasteiger partial charge in [-0.1, -0.05) is 13.8 Å². The van der Waals surface area contributed by atoms with E-state index in [1.807, 2.05) is 6.20 Å². The van der Waals surface area contributed by atoms with Gasteiger partial charge in [-0.15, -0.1) is 0 Å². The highest BCUT2D eigenvalue weighted by Crippen LogP contribution is 2.37. The molecule has 1 aliphatic rings. The maximum absolute atomic E-state index is 5.71. The number of methoxy groups -OCH3 is 1. The quantitative estimate of drug-likeness (QED) is 0.826. The van der Waals surface area contributed by atoms with Crippen LogP contribution in [0, 0.1) is 0 Å². The molecular formula is C13H22N2O2. The van der Waals surface area contributed by atoms with Crippen LogP contribution in [0.2, 0.25) is 0 Å². The Bertz CT molecular complexity index is 351. The summed E-state index contributed by atoms with van der Waals surface area (Å²) in [5.74, 6) is 1.70. The van der Waals surface area contributed by atoms with Gasteiger partial charge >= 0.3 is 0 Å². The lowest BCUT2D eigenvalue weighted by Gasteiger charge is -2.39. The van der Waals surface area contributed by atoms with Crippen LogP contribution >= 0.6 is 0 Å². The van der Waals surface area contributed by atoms with Crippen molar-refractivity contribution in [3.63, 3.8) is 0 Å². The van der Waals surface area contributed by atoms with Gasteiger partial charge in [0.2, 0.25) is 5.89 Å². The number of nitrogens with one attached hydrogen (secondary N) is 1. The van der Waals surface area contributed by atoms with Crippen molar-refractivity contribution in [1.82, 2.24) is 10.3 Å². The summed E-state index contributed by atoms with van der Waals surface area (Å²) in [6.07, 6.45) is 6.19. The first kappa shape index (κ1) is 12.6. The Morgan fingerprint density at radius 3 is 2.82 bits per heavy atom. The third kappa shape index (κ3) is 3.07. The molecule has 0 atom stereocenters. The molecule has 0 aromatic carbocycles. The number of hydrogen-bond donors (Lipinski definition) is 1. The SMILES string of the molecule is COC1(Cc2cnc(CNC(C)C)o2)CCC1. The normalized spacial score (nSPS) is 18.4. The van der Waals surface area contributed by atoms with Crippen LogP contribution in [-0.4, -0.2) is 23.7 Å². The van der Waals surface area contributed by atoms with E-state index in [1.165, 1.54) is 6.42 Å². The maximum Gasteiger partial charge on any atom is 0.208 e. The average molecular weight is 238 g/mol. The van der Waals surface area contributed by atoms with Gasteiger partial charge in [0.15, 0.2) is 0 Å². The molecule has 0 amide bonds. The molecule has 0 radical (unpaired) electrons. The van der Waals surface area contributed by atoms with E-state index >= 15 is 0 Å². The molecule has 0 spiro atoms. The molecule has 0 bridgehead atoms. The van der Waals surface area contributed by atoms with Crippen molar-refractivity contribution in [3.8, 4) is 0 Å². The van der Waals surface area contributed by atoms with E-state index in [2.05, 4.69) is 24.1 Å². The Kier molecular flexibility index (Phi) is 3.84. The van der Waals surface area contributed by atoms with Crippen molar-refractivity contribution in [2.75, 3.05) is 7.11 Å². The molecule has 1 N–H and O–H groups in total. The first-order chi connectivity index (χ1) is 8.13. The summed E-state index contributed by atoms with van der Waals surface area (Å²) in [5, 5.41) is 3.29. The molecule has 0 aliphatic heterocycles. The average Bonchev–Trinajstić information content (AvgIpc) is 2.68. The summed E-state index contributed by atoms with van der Waals surface area (Å²) < 4.78 is 11.3. The lowest BCUT2D eigenvalue weighted by molar-refractivity contribution is -0.0738. The third-order valence-corrected chi connectivity index (χ3v) is 3.46. The topological polar surface area (TPSA) is 47.3 Å². The summed E-state index contributed by atoms with van der Waals surface area (Å²) in [6, 6.07) is 0.447. The molecule has 17 heavy (non-hydrogen) atoms. The number of hydrogen-bond acceptors (Lipinski definition) is 4. The van der Waals surface area contributed by atoms with Gasteiger partial charge in [0.25, 0.3) is 0 Å². The van der Waals surface area contributed by atoms with Crippen LogP contribution in [0.3, 0.4) is 0 Å². The molecule has 1 heterocycles. The van der Waals surface area contributed by atoms with Gasteiger partial charge in [0, 0.05) is 19.6 Å². The van der Waals surface area contributed by atoms with Gasteiger partial charge in [-0.3, -0.25) is 0 Å². The van der Waals surface area contributed by atoms with Gasteiger partial charge in [-0.25, -0.2) is 4.98 Å². The van der Waals surface area contributed by atoms with Gasteiger partial charge in [0.1, 0.15) is 5.76 Å². The summed E-state index contributed by atoms with van der Waals surface area (Å²) >= 11 is 0.